The summed E-state index contributed by atoms with van der Waals surface area (Å²) in [5.41, 5.74) is 7.68. The van der Waals surface area contributed by atoms with Gasteiger partial charge in [-0.2, -0.15) is 0 Å². The number of nitrogens with one attached hydrogen (secondary N) is 3. The average Bonchev–Trinajstić information content (AvgIpc) is 3.25. The van der Waals surface area contributed by atoms with Crippen LogP contribution in [0.3, 0.4) is 0 Å². The average molecular weight is 319 g/mol. The van der Waals surface area contributed by atoms with Crippen LogP contribution < -0.4 is 16.2 Å². The predicted molar refractivity (Wildman–Crippen MR) is 86.6 cm³/mol. The second-order valence-electron chi connectivity index (χ2n) is 6.13. The fraction of sp³-hybridized carbons (Fsp3) is 0.588. The van der Waals surface area contributed by atoms with E-state index in [9.17, 15) is 4.79 Å². The molecular formula is C17H25N3O3. The largest absolute Gasteiger partial charge is 0.376 e. The van der Waals surface area contributed by atoms with E-state index in [1.54, 1.807) is 0 Å². The first-order valence-corrected chi connectivity index (χ1v) is 8.32. The van der Waals surface area contributed by atoms with Gasteiger partial charge < -0.3 is 14.8 Å². The molecule has 23 heavy (non-hydrogen) atoms. The minimum atomic E-state index is -0.0679. The monoisotopic (exact) mass is 319 g/mol. The lowest BCUT2D eigenvalue weighted by atomic mass is 9.95. The topological polar surface area (TPSA) is 71.6 Å². The molecule has 2 heterocycles. The van der Waals surface area contributed by atoms with Gasteiger partial charge in [0.15, 0.2) is 0 Å². The molecule has 3 rings (SSSR count). The Bertz CT molecular complexity index is 491. The summed E-state index contributed by atoms with van der Waals surface area (Å²) in [6.07, 6.45) is 2.27. The fourth-order valence-electron chi connectivity index (χ4n) is 3.10. The van der Waals surface area contributed by atoms with Crippen LogP contribution in [0.4, 0.5) is 0 Å². The lowest BCUT2D eigenvalue weighted by Gasteiger charge is -2.19. The highest BCUT2D eigenvalue weighted by atomic mass is 16.5. The Kier molecular flexibility index (Phi) is 5.99. The van der Waals surface area contributed by atoms with Crippen molar-refractivity contribution < 1.29 is 14.3 Å². The molecule has 2 saturated heterocycles. The number of carbonyl (C=O) groups is 1. The van der Waals surface area contributed by atoms with Gasteiger partial charge in [0, 0.05) is 25.6 Å². The molecular weight excluding hydrogens is 294 g/mol. The van der Waals surface area contributed by atoms with Crippen molar-refractivity contribution >= 4 is 5.91 Å². The maximum atomic E-state index is 11.9. The lowest BCUT2D eigenvalue weighted by Crippen LogP contribution is -2.35. The van der Waals surface area contributed by atoms with Gasteiger partial charge in [0.25, 0.3) is 0 Å². The third-order valence-electron chi connectivity index (χ3n) is 4.37. The van der Waals surface area contributed by atoms with Crippen LogP contribution >= 0.6 is 0 Å². The van der Waals surface area contributed by atoms with Crippen molar-refractivity contribution in [3.05, 3.63) is 35.9 Å². The summed E-state index contributed by atoms with van der Waals surface area (Å²) in [6, 6.07) is 10.5. The van der Waals surface area contributed by atoms with Crippen molar-refractivity contribution in [2.75, 3.05) is 32.9 Å². The van der Waals surface area contributed by atoms with E-state index in [0.29, 0.717) is 19.1 Å². The van der Waals surface area contributed by atoms with Crippen molar-refractivity contribution in [2.24, 2.45) is 5.92 Å². The third kappa shape index (κ3) is 4.75. The van der Waals surface area contributed by atoms with E-state index in [-0.39, 0.29) is 24.7 Å². The van der Waals surface area contributed by atoms with Gasteiger partial charge >= 0.3 is 0 Å². The van der Waals surface area contributed by atoms with Crippen molar-refractivity contribution in [1.29, 1.82) is 0 Å². The molecule has 1 aromatic rings. The molecule has 1 aromatic carbocycles. The summed E-state index contributed by atoms with van der Waals surface area (Å²) < 4.78 is 10.9. The molecule has 0 bridgehead atoms. The number of ether oxygens (including phenoxy) is 2. The summed E-state index contributed by atoms with van der Waals surface area (Å²) >= 11 is 0. The zero-order valence-electron chi connectivity index (χ0n) is 13.3. The van der Waals surface area contributed by atoms with Gasteiger partial charge in [-0.05, 0) is 18.4 Å². The molecule has 6 heteroatoms. The molecule has 3 unspecified atom stereocenters. The van der Waals surface area contributed by atoms with Gasteiger partial charge in [-0.25, -0.2) is 5.43 Å². The maximum Gasteiger partial charge on any atom is 0.246 e. The van der Waals surface area contributed by atoms with Gasteiger partial charge in [0.2, 0.25) is 5.91 Å². The summed E-state index contributed by atoms with van der Waals surface area (Å²) in [5, 5.41) is 2.96. The Morgan fingerprint density at radius 2 is 2.22 bits per heavy atom. The Morgan fingerprint density at radius 1 is 1.35 bits per heavy atom. The second kappa shape index (κ2) is 8.40. The van der Waals surface area contributed by atoms with Crippen LogP contribution in [0, 0.1) is 5.92 Å². The Hall–Kier alpha value is -1.47. The smallest absolute Gasteiger partial charge is 0.246 e. The van der Waals surface area contributed by atoms with Crippen molar-refractivity contribution in [3.8, 4) is 0 Å². The fourth-order valence-corrected chi connectivity index (χ4v) is 3.10. The Balaban J connectivity index is 1.37. The van der Waals surface area contributed by atoms with Crippen LogP contribution in [-0.2, 0) is 14.3 Å². The molecule has 2 aliphatic rings. The predicted octanol–water partition coefficient (Wildman–Crippen LogP) is 0.764. The highest BCUT2D eigenvalue weighted by Crippen LogP contribution is 2.23. The zero-order valence-corrected chi connectivity index (χ0v) is 13.3. The second-order valence-corrected chi connectivity index (χ2v) is 6.13. The molecule has 1 amide bonds. The van der Waals surface area contributed by atoms with Crippen LogP contribution in [0.1, 0.15) is 24.4 Å². The first-order chi connectivity index (χ1) is 11.3. The molecule has 126 valence electrons. The maximum absolute atomic E-state index is 11.9. The summed E-state index contributed by atoms with van der Waals surface area (Å²) in [4.78, 5) is 11.9. The van der Waals surface area contributed by atoms with Crippen molar-refractivity contribution in [2.45, 2.75) is 25.0 Å². The van der Waals surface area contributed by atoms with E-state index < -0.39 is 0 Å². The highest BCUT2D eigenvalue weighted by Gasteiger charge is 2.28. The van der Waals surface area contributed by atoms with Crippen LogP contribution in [0.15, 0.2) is 30.3 Å². The van der Waals surface area contributed by atoms with E-state index >= 15 is 0 Å². The van der Waals surface area contributed by atoms with Crippen LogP contribution in [0.2, 0.25) is 0 Å². The van der Waals surface area contributed by atoms with Crippen molar-refractivity contribution in [3.63, 3.8) is 0 Å². The minimum absolute atomic E-state index is 0.0679. The highest BCUT2D eigenvalue weighted by molar-refractivity contribution is 5.77. The number of amides is 1. The first kappa shape index (κ1) is 16.4. The molecule has 3 N–H and O–H groups in total. The van der Waals surface area contributed by atoms with E-state index in [1.165, 1.54) is 5.56 Å². The first-order valence-electron chi connectivity index (χ1n) is 8.32. The molecule has 2 aliphatic heterocycles. The Labute approximate surface area is 136 Å². The number of hydrazine groups is 1. The van der Waals surface area contributed by atoms with Gasteiger partial charge in [-0.15, -0.1) is 0 Å². The Morgan fingerprint density at radius 3 is 3.00 bits per heavy atom. The van der Waals surface area contributed by atoms with Gasteiger partial charge in [0.05, 0.1) is 18.8 Å². The number of rotatable bonds is 7. The summed E-state index contributed by atoms with van der Waals surface area (Å²) in [6.45, 7) is 2.87. The lowest BCUT2D eigenvalue weighted by molar-refractivity contribution is -0.127. The number of hydrogen-bond donors (Lipinski definition) is 3. The third-order valence-corrected chi connectivity index (χ3v) is 4.37. The zero-order chi connectivity index (χ0) is 15.9. The van der Waals surface area contributed by atoms with Gasteiger partial charge in [-0.3, -0.25) is 10.2 Å². The van der Waals surface area contributed by atoms with Crippen LogP contribution in [0.5, 0.6) is 0 Å². The van der Waals surface area contributed by atoms with Crippen molar-refractivity contribution in [1.82, 2.24) is 16.2 Å². The normalized spacial score (nSPS) is 27.2. The molecule has 0 radical (unpaired) electrons. The molecule has 3 atom stereocenters. The molecule has 2 fully saturated rings. The molecule has 0 aliphatic carbocycles. The quantitative estimate of drug-likeness (QED) is 0.692. The van der Waals surface area contributed by atoms with E-state index in [1.807, 2.05) is 18.2 Å². The SMILES string of the molecule is O=C(COCC1CCCO1)NCC1CNNC1c1ccccc1. The number of carbonyl (C=O) groups excluding carboxylic acids is 1. The molecule has 0 spiro atoms. The van der Waals surface area contributed by atoms with Gasteiger partial charge in [-0.1, -0.05) is 30.3 Å². The van der Waals surface area contributed by atoms with Crippen LogP contribution in [0.25, 0.3) is 0 Å². The number of hydrogen-bond acceptors (Lipinski definition) is 5. The summed E-state index contributed by atoms with van der Waals surface area (Å²) in [5.74, 6) is 0.251. The van der Waals surface area contributed by atoms with Crippen LogP contribution in [-0.4, -0.2) is 44.9 Å². The number of benzene rings is 1. The van der Waals surface area contributed by atoms with E-state index in [2.05, 4.69) is 28.3 Å². The standard InChI is InChI=1S/C17H25N3O3/c21-16(12-22-11-15-7-4-8-23-15)18-9-14-10-19-20-17(14)13-5-2-1-3-6-13/h1-3,5-6,14-15,17,19-20H,4,7-12H2,(H,18,21). The minimum Gasteiger partial charge on any atom is -0.376 e. The molecule has 6 nitrogen and oxygen atoms in total. The van der Waals surface area contributed by atoms with E-state index in [0.717, 1.165) is 26.0 Å². The van der Waals surface area contributed by atoms with Gasteiger partial charge in [0.1, 0.15) is 6.61 Å². The summed E-state index contributed by atoms with van der Waals surface area (Å²) in [7, 11) is 0. The molecule has 0 saturated carbocycles. The molecule has 0 aromatic heterocycles. The van der Waals surface area contributed by atoms with E-state index in [4.69, 9.17) is 9.47 Å².